The van der Waals surface area contributed by atoms with E-state index in [0.29, 0.717) is 12.5 Å². The predicted octanol–water partition coefficient (Wildman–Crippen LogP) is 0.827. The van der Waals surface area contributed by atoms with Crippen LogP contribution in [0.5, 0.6) is 0 Å². The summed E-state index contributed by atoms with van der Waals surface area (Å²) in [7, 11) is 0. The number of carbonyl (C=O) groups excluding carboxylic acids is 1. The van der Waals surface area contributed by atoms with Gasteiger partial charge in [0.05, 0.1) is 12.5 Å². The molecular formula is C8H16ClNO2. The second-order valence-corrected chi connectivity index (χ2v) is 2.99. The van der Waals surface area contributed by atoms with Crippen LogP contribution in [0.1, 0.15) is 13.8 Å². The van der Waals surface area contributed by atoms with E-state index in [-0.39, 0.29) is 24.3 Å². The van der Waals surface area contributed by atoms with E-state index in [1.165, 1.54) is 0 Å². The Labute approximate surface area is 79.3 Å². The largest absolute Gasteiger partial charge is 0.466 e. The molecule has 0 radical (unpaired) electrons. The van der Waals surface area contributed by atoms with Crippen molar-refractivity contribution in [3.05, 3.63) is 0 Å². The maximum Gasteiger partial charge on any atom is 0.310 e. The Morgan fingerprint density at radius 3 is 2.67 bits per heavy atom. The fourth-order valence-corrected chi connectivity index (χ4v) is 1.37. The summed E-state index contributed by atoms with van der Waals surface area (Å²) in [4.78, 5) is 11.2. The van der Waals surface area contributed by atoms with Gasteiger partial charge in [-0.25, -0.2) is 0 Å². The minimum Gasteiger partial charge on any atom is -0.466 e. The van der Waals surface area contributed by atoms with Crippen molar-refractivity contribution in [2.45, 2.75) is 13.8 Å². The lowest BCUT2D eigenvalue weighted by atomic mass is 9.99. The molecule has 0 amide bonds. The Hall–Kier alpha value is -0.280. The van der Waals surface area contributed by atoms with Crippen molar-refractivity contribution in [3.63, 3.8) is 0 Å². The summed E-state index contributed by atoms with van der Waals surface area (Å²) in [6.45, 7) is 6.11. The first-order chi connectivity index (χ1) is 5.25. The lowest BCUT2D eigenvalue weighted by Crippen LogP contribution is -2.23. The van der Waals surface area contributed by atoms with Gasteiger partial charge in [0.2, 0.25) is 0 Å². The van der Waals surface area contributed by atoms with Crippen LogP contribution in [0.2, 0.25) is 0 Å². The van der Waals surface area contributed by atoms with Gasteiger partial charge in [-0.05, 0) is 19.4 Å². The van der Waals surface area contributed by atoms with E-state index in [0.717, 1.165) is 13.1 Å². The van der Waals surface area contributed by atoms with E-state index in [4.69, 9.17) is 4.74 Å². The van der Waals surface area contributed by atoms with Crippen LogP contribution in [0.15, 0.2) is 0 Å². The minimum absolute atomic E-state index is 0. The first-order valence-electron chi connectivity index (χ1n) is 4.13. The SMILES string of the molecule is CCOC(=O)[C@H]1CNC[C@@H]1C.Cl. The van der Waals surface area contributed by atoms with Crippen LogP contribution >= 0.6 is 12.4 Å². The number of hydrogen-bond acceptors (Lipinski definition) is 3. The molecule has 1 aliphatic rings. The Kier molecular flexibility index (Phi) is 5.25. The van der Waals surface area contributed by atoms with Gasteiger partial charge < -0.3 is 10.1 Å². The highest BCUT2D eigenvalue weighted by Crippen LogP contribution is 2.16. The molecule has 2 atom stereocenters. The molecule has 3 nitrogen and oxygen atoms in total. The van der Waals surface area contributed by atoms with Gasteiger partial charge >= 0.3 is 5.97 Å². The number of nitrogens with one attached hydrogen (secondary N) is 1. The lowest BCUT2D eigenvalue weighted by molar-refractivity contribution is -0.148. The van der Waals surface area contributed by atoms with Gasteiger partial charge in [-0.2, -0.15) is 0 Å². The zero-order chi connectivity index (χ0) is 8.27. The molecule has 0 aromatic heterocycles. The molecule has 1 aliphatic heterocycles. The fourth-order valence-electron chi connectivity index (χ4n) is 1.37. The highest BCUT2D eigenvalue weighted by atomic mass is 35.5. The maximum absolute atomic E-state index is 11.2. The van der Waals surface area contributed by atoms with Gasteiger partial charge in [0.1, 0.15) is 0 Å². The van der Waals surface area contributed by atoms with Crippen LogP contribution in [0, 0.1) is 11.8 Å². The van der Waals surface area contributed by atoms with E-state index in [9.17, 15) is 4.79 Å². The summed E-state index contributed by atoms with van der Waals surface area (Å²) >= 11 is 0. The minimum atomic E-state index is -0.0509. The standard InChI is InChI=1S/C8H15NO2.ClH/c1-3-11-8(10)7-5-9-4-6(7)2;/h6-7,9H,3-5H2,1-2H3;1H/t6-,7-;/m0./s1. The van der Waals surface area contributed by atoms with Gasteiger partial charge in [0.15, 0.2) is 0 Å². The molecule has 1 saturated heterocycles. The number of rotatable bonds is 2. The molecule has 1 fully saturated rings. The van der Waals surface area contributed by atoms with Crippen molar-refractivity contribution < 1.29 is 9.53 Å². The van der Waals surface area contributed by atoms with Gasteiger partial charge in [0.25, 0.3) is 0 Å². The molecular weight excluding hydrogens is 178 g/mol. The molecule has 1 rings (SSSR count). The Morgan fingerprint density at radius 1 is 1.58 bits per heavy atom. The molecule has 0 aromatic rings. The predicted molar refractivity (Wildman–Crippen MR) is 49.4 cm³/mol. The second-order valence-electron chi connectivity index (χ2n) is 2.99. The molecule has 1 N–H and O–H groups in total. The summed E-state index contributed by atoms with van der Waals surface area (Å²) in [5.41, 5.74) is 0. The summed E-state index contributed by atoms with van der Waals surface area (Å²) < 4.78 is 4.92. The van der Waals surface area contributed by atoms with E-state index >= 15 is 0 Å². The number of esters is 1. The number of hydrogen-bond donors (Lipinski definition) is 1. The molecule has 0 bridgehead atoms. The van der Waals surface area contributed by atoms with Crippen molar-refractivity contribution in [2.24, 2.45) is 11.8 Å². The van der Waals surface area contributed by atoms with Crippen molar-refractivity contribution >= 4 is 18.4 Å². The first kappa shape index (κ1) is 11.7. The molecule has 0 saturated carbocycles. The Bertz CT molecular complexity index is 152. The van der Waals surface area contributed by atoms with Gasteiger partial charge in [0, 0.05) is 6.54 Å². The Balaban J connectivity index is 0.00000121. The van der Waals surface area contributed by atoms with E-state index in [1.54, 1.807) is 0 Å². The van der Waals surface area contributed by atoms with Crippen molar-refractivity contribution in [1.82, 2.24) is 5.32 Å². The third-order valence-electron chi connectivity index (χ3n) is 2.11. The second kappa shape index (κ2) is 5.38. The normalized spacial score (nSPS) is 27.8. The average molecular weight is 194 g/mol. The topological polar surface area (TPSA) is 38.3 Å². The molecule has 1 heterocycles. The first-order valence-corrected chi connectivity index (χ1v) is 4.13. The van der Waals surface area contributed by atoms with Crippen LogP contribution in [0.3, 0.4) is 0 Å². The summed E-state index contributed by atoms with van der Waals surface area (Å²) in [5, 5.41) is 3.16. The van der Waals surface area contributed by atoms with E-state index < -0.39 is 0 Å². The third-order valence-corrected chi connectivity index (χ3v) is 2.11. The third kappa shape index (κ3) is 2.64. The van der Waals surface area contributed by atoms with Crippen LogP contribution < -0.4 is 5.32 Å². The van der Waals surface area contributed by atoms with Crippen molar-refractivity contribution in [2.75, 3.05) is 19.7 Å². The number of ether oxygens (including phenoxy) is 1. The van der Waals surface area contributed by atoms with Crippen molar-refractivity contribution in [3.8, 4) is 0 Å². The fraction of sp³-hybridized carbons (Fsp3) is 0.875. The van der Waals surface area contributed by atoms with Gasteiger partial charge in [-0.1, -0.05) is 6.92 Å². The highest BCUT2D eigenvalue weighted by molar-refractivity contribution is 5.85. The molecule has 0 aromatic carbocycles. The molecule has 12 heavy (non-hydrogen) atoms. The van der Waals surface area contributed by atoms with Gasteiger partial charge in [-0.15, -0.1) is 12.4 Å². The van der Waals surface area contributed by atoms with Crippen molar-refractivity contribution in [1.29, 1.82) is 0 Å². The molecule has 0 spiro atoms. The average Bonchev–Trinajstić information content (AvgIpc) is 2.36. The molecule has 72 valence electrons. The number of halogens is 1. The Morgan fingerprint density at radius 2 is 2.25 bits per heavy atom. The number of carbonyl (C=O) groups is 1. The zero-order valence-corrected chi connectivity index (χ0v) is 8.32. The highest BCUT2D eigenvalue weighted by Gasteiger charge is 2.30. The summed E-state index contributed by atoms with van der Waals surface area (Å²) in [6.07, 6.45) is 0. The quantitative estimate of drug-likeness (QED) is 0.661. The van der Waals surface area contributed by atoms with Gasteiger partial charge in [-0.3, -0.25) is 4.79 Å². The summed E-state index contributed by atoms with van der Waals surface area (Å²) in [6, 6.07) is 0. The summed E-state index contributed by atoms with van der Waals surface area (Å²) in [5.74, 6) is 0.453. The lowest BCUT2D eigenvalue weighted by Gasteiger charge is -2.11. The van der Waals surface area contributed by atoms with E-state index in [1.807, 2.05) is 6.92 Å². The van der Waals surface area contributed by atoms with Crippen LogP contribution in [-0.2, 0) is 9.53 Å². The van der Waals surface area contributed by atoms with E-state index in [2.05, 4.69) is 12.2 Å². The molecule has 4 heteroatoms. The monoisotopic (exact) mass is 193 g/mol. The molecule has 0 unspecified atom stereocenters. The smallest absolute Gasteiger partial charge is 0.310 e. The van der Waals surface area contributed by atoms with Crippen LogP contribution in [0.25, 0.3) is 0 Å². The molecule has 0 aliphatic carbocycles. The van der Waals surface area contributed by atoms with Crippen LogP contribution in [0.4, 0.5) is 0 Å². The maximum atomic E-state index is 11.2. The zero-order valence-electron chi connectivity index (χ0n) is 7.50. The van der Waals surface area contributed by atoms with Crippen LogP contribution in [-0.4, -0.2) is 25.7 Å².